The fraction of sp³-hybridized carbons (Fsp3) is 0.0667. The molecule has 0 aliphatic rings. The van der Waals surface area contributed by atoms with Crippen molar-refractivity contribution in [3.63, 3.8) is 0 Å². The molecule has 0 atom stereocenters. The third-order valence-electron chi connectivity index (χ3n) is 2.80. The van der Waals surface area contributed by atoms with Crippen LogP contribution < -0.4 is 4.90 Å². The molecule has 6 heteroatoms. The molecule has 0 saturated carbocycles. The molecule has 2 aromatic heterocycles. The number of aryl methyl sites for hydroxylation is 1. The van der Waals surface area contributed by atoms with Gasteiger partial charge >= 0.3 is 0 Å². The van der Waals surface area contributed by atoms with Gasteiger partial charge in [0.15, 0.2) is 15.6 Å². The van der Waals surface area contributed by atoms with Crippen LogP contribution in [-0.4, -0.2) is 10.9 Å². The number of para-hydroxylation sites is 1. The van der Waals surface area contributed by atoms with Gasteiger partial charge in [-0.25, -0.2) is 9.88 Å². The Bertz CT molecular complexity index is 767. The number of hydrogen-bond donors (Lipinski definition) is 0. The second-order valence-corrected chi connectivity index (χ2v) is 5.97. The minimum Gasteiger partial charge on any atom is -0.444 e. The van der Waals surface area contributed by atoms with Crippen LogP contribution in [0.2, 0.25) is 0 Å². The van der Waals surface area contributed by atoms with E-state index >= 15 is 0 Å². The summed E-state index contributed by atoms with van der Waals surface area (Å²) in [5.74, 6) is 0.0137. The Hall–Kier alpha value is -1.92. The van der Waals surface area contributed by atoms with Gasteiger partial charge in [0.1, 0.15) is 0 Å². The van der Waals surface area contributed by atoms with Gasteiger partial charge in [-0.15, -0.1) is 11.3 Å². The minimum absolute atomic E-state index is 0.249. The number of hydrogen-bond acceptors (Lipinski definition) is 4. The third kappa shape index (κ3) is 2.91. The molecule has 2 heterocycles. The second-order valence-electron chi connectivity index (χ2n) is 4.35. The number of aromatic nitrogens is 1. The fourth-order valence-corrected chi connectivity index (χ4v) is 3.00. The standard InChI is InChI=1S/C15H11BrN2O2S/c1-10-9-21-15(17-10)18(11-5-3-2-4-6-11)14(19)12-7-8-13(16)20-12/h2-9H,1H3. The van der Waals surface area contributed by atoms with Crippen LogP contribution in [0, 0.1) is 6.92 Å². The Morgan fingerprint density at radius 3 is 2.57 bits per heavy atom. The van der Waals surface area contributed by atoms with Crippen LogP contribution in [0.3, 0.4) is 0 Å². The topological polar surface area (TPSA) is 46.3 Å². The molecule has 0 unspecified atom stereocenters. The summed E-state index contributed by atoms with van der Waals surface area (Å²) in [7, 11) is 0. The zero-order chi connectivity index (χ0) is 14.8. The smallest absolute Gasteiger partial charge is 0.300 e. The number of amides is 1. The molecule has 106 valence electrons. The molecular weight excluding hydrogens is 352 g/mol. The van der Waals surface area contributed by atoms with Crippen molar-refractivity contribution in [2.24, 2.45) is 0 Å². The summed E-state index contributed by atoms with van der Waals surface area (Å²) in [5, 5.41) is 2.53. The molecule has 0 spiro atoms. The monoisotopic (exact) mass is 362 g/mol. The summed E-state index contributed by atoms with van der Waals surface area (Å²) in [6.45, 7) is 1.90. The molecule has 1 amide bonds. The zero-order valence-corrected chi connectivity index (χ0v) is 13.5. The summed E-state index contributed by atoms with van der Waals surface area (Å²) in [4.78, 5) is 18.7. The van der Waals surface area contributed by atoms with E-state index in [-0.39, 0.29) is 11.7 Å². The van der Waals surface area contributed by atoms with Gasteiger partial charge in [0.05, 0.1) is 11.4 Å². The highest BCUT2D eigenvalue weighted by Gasteiger charge is 2.24. The predicted molar refractivity (Wildman–Crippen MR) is 86.2 cm³/mol. The maximum absolute atomic E-state index is 12.7. The average molecular weight is 363 g/mol. The lowest BCUT2D eigenvalue weighted by Gasteiger charge is -2.18. The van der Waals surface area contributed by atoms with Crippen molar-refractivity contribution in [3.8, 4) is 0 Å². The molecule has 4 nitrogen and oxygen atoms in total. The van der Waals surface area contributed by atoms with Crippen LogP contribution in [0.5, 0.6) is 0 Å². The van der Waals surface area contributed by atoms with Gasteiger partial charge in [-0.05, 0) is 47.1 Å². The van der Waals surface area contributed by atoms with E-state index in [2.05, 4.69) is 20.9 Å². The first-order valence-electron chi connectivity index (χ1n) is 6.22. The average Bonchev–Trinajstić information content (AvgIpc) is 3.09. The number of carbonyl (C=O) groups is 1. The summed E-state index contributed by atoms with van der Waals surface area (Å²) in [6.07, 6.45) is 0. The van der Waals surface area contributed by atoms with Crippen molar-refractivity contribution in [2.45, 2.75) is 6.92 Å². The van der Waals surface area contributed by atoms with E-state index in [1.165, 1.54) is 11.3 Å². The fourth-order valence-electron chi connectivity index (χ4n) is 1.88. The Labute approximate surface area is 134 Å². The maximum atomic E-state index is 12.7. The van der Waals surface area contributed by atoms with Crippen molar-refractivity contribution in [2.75, 3.05) is 4.90 Å². The molecule has 0 fully saturated rings. The van der Waals surface area contributed by atoms with Gasteiger partial charge in [-0.2, -0.15) is 0 Å². The van der Waals surface area contributed by atoms with Crippen LogP contribution in [0.25, 0.3) is 0 Å². The Morgan fingerprint density at radius 1 is 1.24 bits per heavy atom. The summed E-state index contributed by atoms with van der Waals surface area (Å²) < 4.78 is 5.90. The normalized spacial score (nSPS) is 10.6. The lowest BCUT2D eigenvalue weighted by atomic mass is 10.3. The Kier molecular flexibility index (Phi) is 3.90. The Balaban J connectivity index is 2.06. The summed E-state index contributed by atoms with van der Waals surface area (Å²) >= 11 is 4.64. The van der Waals surface area contributed by atoms with Crippen molar-refractivity contribution in [1.29, 1.82) is 0 Å². The molecule has 0 aliphatic carbocycles. The molecule has 3 aromatic rings. The number of carbonyl (C=O) groups excluding carboxylic acids is 1. The number of furan rings is 1. The van der Waals surface area contributed by atoms with Gasteiger partial charge in [-0.3, -0.25) is 4.79 Å². The number of rotatable bonds is 3. The Morgan fingerprint density at radius 2 is 2.00 bits per heavy atom. The van der Waals surface area contributed by atoms with E-state index < -0.39 is 0 Å². The molecule has 1 aromatic carbocycles. The van der Waals surface area contributed by atoms with Crippen molar-refractivity contribution < 1.29 is 9.21 Å². The first-order valence-corrected chi connectivity index (χ1v) is 7.89. The molecule has 0 radical (unpaired) electrons. The molecule has 21 heavy (non-hydrogen) atoms. The van der Waals surface area contributed by atoms with E-state index in [0.717, 1.165) is 11.4 Å². The van der Waals surface area contributed by atoms with E-state index in [1.807, 2.05) is 42.6 Å². The summed E-state index contributed by atoms with van der Waals surface area (Å²) in [5.41, 5.74) is 1.63. The summed E-state index contributed by atoms with van der Waals surface area (Å²) in [6, 6.07) is 12.7. The number of anilines is 2. The van der Waals surface area contributed by atoms with Crippen molar-refractivity contribution in [1.82, 2.24) is 4.98 Å². The van der Waals surface area contributed by atoms with Gasteiger partial charge in [0.25, 0.3) is 5.91 Å². The van der Waals surface area contributed by atoms with Crippen LogP contribution in [-0.2, 0) is 0 Å². The quantitative estimate of drug-likeness (QED) is 0.672. The SMILES string of the molecule is Cc1csc(N(C(=O)c2ccc(Br)o2)c2ccccc2)n1. The van der Waals surface area contributed by atoms with Gasteiger partial charge in [0, 0.05) is 5.38 Å². The molecule has 0 N–H and O–H groups in total. The molecule has 0 bridgehead atoms. The number of benzene rings is 1. The lowest BCUT2D eigenvalue weighted by molar-refractivity contribution is 0.0971. The molecular formula is C15H11BrN2O2S. The number of nitrogens with zero attached hydrogens (tertiary/aromatic N) is 2. The zero-order valence-electron chi connectivity index (χ0n) is 11.1. The largest absolute Gasteiger partial charge is 0.444 e. The van der Waals surface area contributed by atoms with Gasteiger partial charge in [-0.1, -0.05) is 18.2 Å². The minimum atomic E-state index is -0.249. The highest BCUT2D eigenvalue weighted by atomic mass is 79.9. The predicted octanol–water partition coefficient (Wildman–Crippen LogP) is 4.79. The third-order valence-corrected chi connectivity index (χ3v) is 4.17. The van der Waals surface area contributed by atoms with Crippen molar-refractivity contribution >= 4 is 44.0 Å². The van der Waals surface area contributed by atoms with Crippen molar-refractivity contribution in [3.05, 3.63) is 64.0 Å². The molecule has 0 saturated heterocycles. The van der Waals surface area contributed by atoms with Gasteiger partial charge < -0.3 is 4.42 Å². The van der Waals surface area contributed by atoms with Crippen LogP contribution >= 0.6 is 27.3 Å². The second kappa shape index (κ2) is 5.83. The highest BCUT2D eigenvalue weighted by Crippen LogP contribution is 2.30. The van der Waals surface area contributed by atoms with Gasteiger partial charge in [0.2, 0.25) is 0 Å². The first kappa shape index (κ1) is 14.0. The number of halogens is 1. The maximum Gasteiger partial charge on any atom is 0.300 e. The van der Waals surface area contributed by atoms with Crippen LogP contribution in [0.15, 0.2) is 56.9 Å². The molecule has 0 aliphatic heterocycles. The van der Waals surface area contributed by atoms with Crippen LogP contribution in [0.1, 0.15) is 16.2 Å². The highest BCUT2D eigenvalue weighted by molar-refractivity contribution is 9.10. The lowest BCUT2D eigenvalue weighted by Crippen LogP contribution is -2.25. The van der Waals surface area contributed by atoms with E-state index in [0.29, 0.717) is 9.80 Å². The first-order chi connectivity index (χ1) is 10.1. The van der Waals surface area contributed by atoms with Crippen LogP contribution in [0.4, 0.5) is 10.8 Å². The van der Waals surface area contributed by atoms with E-state index in [4.69, 9.17) is 4.42 Å². The van der Waals surface area contributed by atoms with E-state index in [1.54, 1.807) is 17.0 Å². The number of thiazole rings is 1. The molecule has 3 rings (SSSR count). The van der Waals surface area contributed by atoms with E-state index in [9.17, 15) is 4.79 Å².